The topological polar surface area (TPSA) is 56.1 Å². The van der Waals surface area contributed by atoms with Crippen molar-refractivity contribution in [1.29, 1.82) is 0 Å². The van der Waals surface area contributed by atoms with E-state index in [1.54, 1.807) is 17.5 Å². The average Bonchev–Trinajstić information content (AvgIpc) is 3.60. The molecule has 4 aromatic rings. The van der Waals surface area contributed by atoms with E-state index in [9.17, 15) is 4.79 Å². The van der Waals surface area contributed by atoms with Crippen LogP contribution >= 0.6 is 11.3 Å². The highest BCUT2D eigenvalue weighted by molar-refractivity contribution is 7.09. The second kappa shape index (κ2) is 10.2. The van der Waals surface area contributed by atoms with Crippen LogP contribution in [0.1, 0.15) is 33.8 Å². The molecule has 1 unspecified atom stereocenters. The number of hydrogen-bond donors (Lipinski definition) is 0. The molecule has 1 saturated heterocycles. The molecular weight excluding hydrogens is 434 g/mol. The first kappa shape index (κ1) is 21.7. The number of thiophene rings is 1. The van der Waals surface area contributed by atoms with Crippen LogP contribution in [-0.2, 0) is 17.7 Å². The van der Waals surface area contributed by atoms with Crippen LogP contribution in [0.15, 0.2) is 72.4 Å². The molecule has 0 bridgehead atoms. The van der Waals surface area contributed by atoms with Crippen molar-refractivity contribution in [1.82, 2.24) is 14.3 Å². The first-order valence-electron chi connectivity index (χ1n) is 11.3. The van der Waals surface area contributed by atoms with Gasteiger partial charge in [-0.1, -0.05) is 24.3 Å². The van der Waals surface area contributed by atoms with Crippen molar-refractivity contribution >= 4 is 22.9 Å². The van der Waals surface area contributed by atoms with Gasteiger partial charge >= 0.3 is 0 Å². The molecule has 0 aliphatic carbocycles. The second-order valence-corrected chi connectivity index (χ2v) is 9.27. The van der Waals surface area contributed by atoms with Gasteiger partial charge in [0.1, 0.15) is 17.1 Å². The minimum Gasteiger partial charge on any atom is -0.493 e. The average molecular weight is 462 g/mol. The molecule has 33 heavy (non-hydrogen) atoms. The zero-order chi connectivity index (χ0) is 22.5. The fraction of sp³-hybridized carbons (Fsp3) is 0.308. The number of imidazole rings is 1. The molecule has 1 aromatic carbocycles. The molecule has 0 radical (unpaired) electrons. The van der Waals surface area contributed by atoms with E-state index < -0.39 is 0 Å². The Labute approximate surface area is 197 Å². The number of carbonyl (C=O) groups excluding carboxylic acids is 1. The number of aromatic nitrogens is 2. The third-order valence-electron chi connectivity index (χ3n) is 5.79. The second-order valence-electron chi connectivity index (χ2n) is 8.24. The molecule has 4 heterocycles. The highest BCUT2D eigenvalue weighted by Gasteiger charge is 2.25. The van der Waals surface area contributed by atoms with Crippen LogP contribution in [0.3, 0.4) is 0 Å². The van der Waals surface area contributed by atoms with Gasteiger partial charge < -0.3 is 18.8 Å². The van der Waals surface area contributed by atoms with E-state index in [4.69, 9.17) is 9.47 Å². The van der Waals surface area contributed by atoms with Crippen molar-refractivity contribution in [3.05, 3.63) is 88.5 Å². The van der Waals surface area contributed by atoms with Gasteiger partial charge in [-0.3, -0.25) is 4.79 Å². The van der Waals surface area contributed by atoms with Crippen LogP contribution < -0.4 is 4.74 Å². The maximum atomic E-state index is 13.5. The molecule has 1 atom stereocenters. The normalized spacial score (nSPS) is 15.7. The molecule has 0 spiro atoms. The lowest BCUT2D eigenvalue weighted by atomic mass is 10.1. The highest BCUT2D eigenvalue weighted by Crippen LogP contribution is 2.20. The van der Waals surface area contributed by atoms with Gasteiger partial charge in [-0.25, -0.2) is 4.98 Å². The van der Waals surface area contributed by atoms with Gasteiger partial charge in [-0.2, -0.15) is 0 Å². The third-order valence-corrected chi connectivity index (χ3v) is 6.72. The Balaban J connectivity index is 1.30. The number of hydrogen-bond acceptors (Lipinski definition) is 5. The fourth-order valence-corrected chi connectivity index (χ4v) is 4.82. The van der Waals surface area contributed by atoms with Crippen LogP contribution in [0, 0.1) is 0 Å². The Morgan fingerprint density at radius 2 is 2.18 bits per heavy atom. The van der Waals surface area contributed by atoms with E-state index >= 15 is 0 Å². The first-order valence-corrected chi connectivity index (χ1v) is 12.2. The quantitative estimate of drug-likeness (QED) is 0.358. The summed E-state index contributed by atoms with van der Waals surface area (Å²) in [5.74, 6) is 0.736. The van der Waals surface area contributed by atoms with E-state index in [2.05, 4.69) is 22.5 Å². The van der Waals surface area contributed by atoms with Gasteiger partial charge in [0.05, 0.1) is 12.7 Å². The van der Waals surface area contributed by atoms with Crippen molar-refractivity contribution in [2.45, 2.75) is 31.9 Å². The van der Waals surface area contributed by atoms with Crippen molar-refractivity contribution < 1.29 is 14.3 Å². The molecular formula is C26H27N3O3S. The van der Waals surface area contributed by atoms with Crippen LogP contribution in [0.2, 0.25) is 0 Å². The van der Waals surface area contributed by atoms with E-state index in [-0.39, 0.29) is 12.0 Å². The van der Waals surface area contributed by atoms with Gasteiger partial charge in [0.2, 0.25) is 0 Å². The molecule has 1 fully saturated rings. The molecule has 0 saturated carbocycles. The largest absolute Gasteiger partial charge is 0.493 e. The molecule has 5 rings (SSSR count). The summed E-state index contributed by atoms with van der Waals surface area (Å²) in [6.45, 7) is 2.42. The lowest BCUT2D eigenvalue weighted by Crippen LogP contribution is -2.37. The maximum Gasteiger partial charge on any atom is 0.274 e. The van der Waals surface area contributed by atoms with Crippen LogP contribution in [-0.4, -0.2) is 46.1 Å². The Bertz CT molecular complexity index is 1170. The summed E-state index contributed by atoms with van der Waals surface area (Å²) in [6.07, 6.45) is 6.66. The van der Waals surface area contributed by atoms with Gasteiger partial charge in [0.25, 0.3) is 5.91 Å². The Hall–Kier alpha value is -3.16. The third kappa shape index (κ3) is 5.43. The van der Waals surface area contributed by atoms with Crippen molar-refractivity contribution in [2.75, 3.05) is 19.8 Å². The molecule has 3 aromatic heterocycles. The summed E-state index contributed by atoms with van der Waals surface area (Å²) in [4.78, 5) is 21.2. The predicted octanol–water partition coefficient (Wildman–Crippen LogP) is 4.84. The summed E-state index contributed by atoms with van der Waals surface area (Å²) < 4.78 is 13.7. The number of nitrogens with zero attached hydrogens (tertiary/aromatic N) is 3. The minimum atomic E-state index is -0.0850. The standard InChI is InChI=1S/C26H27N3O3S/c30-26(24-19-28-12-2-1-10-25(28)27-24)29(18-22-8-4-13-31-22)17-20-6-3-7-21(16-20)32-14-11-23-9-5-15-33-23/h1-3,5-7,9-10,12,15-16,19,22H,4,8,11,13-14,17-18H2. The zero-order valence-corrected chi connectivity index (χ0v) is 19.2. The molecule has 0 N–H and O–H groups in total. The molecule has 1 amide bonds. The van der Waals surface area contributed by atoms with Crippen LogP contribution in [0.4, 0.5) is 0 Å². The van der Waals surface area contributed by atoms with Crippen molar-refractivity contribution in [2.24, 2.45) is 0 Å². The lowest BCUT2D eigenvalue weighted by Gasteiger charge is -2.25. The number of fused-ring (bicyclic) bond motifs is 1. The number of benzene rings is 1. The van der Waals surface area contributed by atoms with Crippen molar-refractivity contribution in [3.63, 3.8) is 0 Å². The predicted molar refractivity (Wildman–Crippen MR) is 129 cm³/mol. The zero-order valence-electron chi connectivity index (χ0n) is 18.4. The molecule has 6 nitrogen and oxygen atoms in total. The van der Waals surface area contributed by atoms with E-state index in [0.29, 0.717) is 25.4 Å². The first-order chi connectivity index (χ1) is 16.2. The molecule has 1 aliphatic heterocycles. The smallest absolute Gasteiger partial charge is 0.274 e. The van der Waals surface area contributed by atoms with E-state index in [0.717, 1.165) is 42.8 Å². The molecule has 170 valence electrons. The van der Waals surface area contributed by atoms with Crippen molar-refractivity contribution in [3.8, 4) is 5.75 Å². The van der Waals surface area contributed by atoms with Gasteiger partial charge in [-0.15, -0.1) is 11.3 Å². The summed E-state index contributed by atoms with van der Waals surface area (Å²) in [6, 6.07) is 17.9. The SMILES string of the molecule is O=C(c1cn2ccccc2n1)N(Cc1cccc(OCCc2cccs2)c1)CC1CCCO1. The maximum absolute atomic E-state index is 13.5. The Kier molecular flexibility index (Phi) is 6.69. The summed E-state index contributed by atoms with van der Waals surface area (Å²) >= 11 is 1.74. The fourth-order valence-electron chi connectivity index (χ4n) is 4.13. The number of rotatable bonds is 9. The van der Waals surface area contributed by atoms with Gasteiger partial charge in [0, 0.05) is 43.4 Å². The van der Waals surface area contributed by atoms with Crippen LogP contribution in [0.5, 0.6) is 5.75 Å². The van der Waals surface area contributed by atoms with Crippen LogP contribution in [0.25, 0.3) is 5.65 Å². The number of amides is 1. The van der Waals surface area contributed by atoms with E-state index in [1.165, 1.54) is 4.88 Å². The Morgan fingerprint density at radius 1 is 1.21 bits per heavy atom. The van der Waals surface area contributed by atoms with E-state index in [1.807, 2.05) is 58.0 Å². The molecule has 1 aliphatic rings. The number of carbonyl (C=O) groups is 1. The Morgan fingerprint density at radius 3 is 3.00 bits per heavy atom. The lowest BCUT2D eigenvalue weighted by molar-refractivity contribution is 0.0503. The minimum absolute atomic E-state index is 0.0659. The van der Waals surface area contributed by atoms with Gasteiger partial charge in [-0.05, 0) is 54.1 Å². The number of ether oxygens (including phenoxy) is 2. The highest BCUT2D eigenvalue weighted by atomic mass is 32.1. The molecule has 7 heteroatoms. The summed E-state index contributed by atoms with van der Waals surface area (Å²) in [7, 11) is 0. The summed E-state index contributed by atoms with van der Waals surface area (Å²) in [5, 5.41) is 2.08. The van der Waals surface area contributed by atoms with Gasteiger partial charge in [0.15, 0.2) is 0 Å². The monoisotopic (exact) mass is 461 g/mol. The number of pyridine rings is 1. The summed E-state index contributed by atoms with van der Waals surface area (Å²) in [5.41, 5.74) is 2.24.